The van der Waals surface area contributed by atoms with E-state index in [1.165, 1.54) is 4.31 Å². The fourth-order valence-electron chi connectivity index (χ4n) is 3.83. The van der Waals surface area contributed by atoms with Gasteiger partial charge in [-0.15, -0.1) is 0 Å². The zero-order chi connectivity index (χ0) is 23.6. The molecule has 0 saturated carbocycles. The van der Waals surface area contributed by atoms with Gasteiger partial charge in [0.05, 0.1) is 17.1 Å². The minimum absolute atomic E-state index is 0.0990. The van der Waals surface area contributed by atoms with Crippen LogP contribution >= 0.6 is 0 Å². The van der Waals surface area contributed by atoms with Crippen LogP contribution in [0, 0.1) is 13.8 Å². The van der Waals surface area contributed by atoms with Gasteiger partial charge in [-0.1, -0.05) is 61.0 Å². The number of carbonyl (C=O) groups excluding carboxylic acids is 1. The summed E-state index contributed by atoms with van der Waals surface area (Å²) in [5.41, 5.74) is 3.43. The highest BCUT2D eigenvalue weighted by molar-refractivity contribution is 7.92. The molecule has 4 rings (SSSR count). The zero-order valence-electron chi connectivity index (χ0n) is 19.0. The summed E-state index contributed by atoms with van der Waals surface area (Å²) < 4.78 is 34.3. The Hall–Kier alpha value is -3.32. The normalized spacial score (nSPS) is 16.5. The van der Waals surface area contributed by atoms with Gasteiger partial charge in [0, 0.05) is 6.54 Å². The number of anilines is 1. The highest BCUT2D eigenvalue weighted by atomic mass is 32.2. The Balaban J connectivity index is 1.58. The summed E-state index contributed by atoms with van der Waals surface area (Å²) in [5, 5.41) is 2.93. The summed E-state index contributed by atoms with van der Waals surface area (Å²) in [5.74, 6) is 0.146. The van der Waals surface area contributed by atoms with Crippen molar-refractivity contribution in [2.75, 3.05) is 17.4 Å². The van der Waals surface area contributed by atoms with Crippen molar-refractivity contribution in [1.29, 1.82) is 0 Å². The van der Waals surface area contributed by atoms with E-state index >= 15 is 0 Å². The second-order valence-electron chi connectivity index (χ2n) is 8.48. The van der Waals surface area contributed by atoms with Crippen LogP contribution in [0.15, 0.2) is 77.7 Å². The average Bonchev–Trinajstić information content (AvgIpc) is 2.82. The summed E-state index contributed by atoms with van der Waals surface area (Å²) in [6.45, 7) is 6.15. The number of fused-ring (bicyclic) bond motifs is 1. The minimum Gasteiger partial charge on any atom is -0.476 e. The van der Waals surface area contributed by atoms with Crippen molar-refractivity contribution in [3.8, 4) is 5.75 Å². The first-order valence-corrected chi connectivity index (χ1v) is 12.4. The van der Waals surface area contributed by atoms with Gasteiger partial charge in [0.1, 0.15) is 5.75 Å². The first-order valence-electron chi connectivity index (χ1n) is 10.9. The van der Waals surface area contributed by atoms with Gasteiger partial charge in [-0.2, -0.15) is 0 Å². The average molecular weight is 465 g/mol. The summed E-state index contributed by atoms with van der Waals surface area (Å²) in [7, 11) is -3.88. The summed E-state index contributed by atoms with van der Waals surface area (Å²) in [6, 6.07) is 21.9. The van der Waals surface area contributed by atoms with E-state index in [0.717, 1.165) is 16.7 Å². The maximum absolute atomic E-state index is 13.5. The van der Waals surface area contributed by atoms with Crippen LogP contribution < -0.4 is 14.4 Å². The number of benzene rings is 3. The Morgan fingerprint density at radius 1 is 1.03 bits per heavy atom. The lowest BCUT2D eigenvalue weighted by Crippen LogP contribution is -2.51. The van der Waals surface area contributed by atoms with Crippen LogP contribution in [0.4, 0.5) is 5.69 Å². The monoisotopic (exact) mass is 464 g/mol. The number of rotatable bonds is 6. The molecule has 0 aromatic heterocycles. The van der Waals surface area contributed by atoms with Crippen molar-refractivity contribution in [3.63, 3.8) is 0 Å². The molecule has 0 bridgehead atoms. The van der Waals surface area contributed by atoms with Gasteiger partial charge in [-0.25, -0.2) is 8.42 Å². The molecule has 3 aromatic carbocycles. The van der Waals surface area contributed by atoms with E-state index in [0.29, 0.717) is 18.0 Å². The molecule has 0 spiro atoms. The molecule has 0 unspecified atom stereocenters. The molecule has 1 aliphatic rings. The molecule has 2 atom stereocenters. The molecule has 0 saturated heterocycles. The maximum atomic E-state index is 13.5. The van der Waals surface area contributed by atoms with Crippen LogP contribution in [0.5, 0.6) is 5.75 Å². The largest absolute Gasteiger partial charge is 0.476 e. The van der Waals surface area contributed by atoms with Gasteiger partial charge in [0.15, 0.2) is 6.10 Å². The van der Waals surface area contributed by atoms with Crippen LogP contribution in [0.25, 0.3) is 0 Å². The number of nitrogens with zero attached hydrogens (tertiary/aromatic N) is 1. The summed E-state index contributed by atoms with van der Waals surface area (Å²) in [4.78, 5) is 13.2. The van der Waals surface area contributed by atoms with Crippen molar-refractivity contribution in [2.24, 2.45) is 0 Å². The molecule has 0 fully saturated rings. The van der Waals surface area contributed by atoms with Crippen LogP contribution in [-0.2, 0) is 14.8 Å². The lowest BCUT2D eigenvalue weighted by Gasteiger charge is -2.35. The van der Waals surface area contributed by atoms with Gasteiger partial charge >= 0.3 is 0 Å². The molecule has 172 valence electrons. The molecule has 1 aliphatic heterocycles. The number of ether oxygens (including phenoxy) is 1. The van der Waals surface area contributed by atoms with Crippen molar-refractivity contribution >= 4 is 21.6 Å². The van der Waals surface area contributed by atoms with Crippen molar-refractivity contribution in [2.45, 2.75) is 37.7 Å². The van der Waals surface area contributed by atoms with Gasteiger partial charge in [-0.3, -0.25) is 9.10 Å². The number of aryl methyl sites for hydroxylation is 2. The second kappa shape index (κ2) is 9.27. The lowest BCUT2D eigenvalue weighted by molar-refractivity contribution is -0.127. The van der Waals surface area contributed by atoms with Crippen molar-refractivity contribution in [1.82, 2.24) is 5.32 Å². The van der Waals surface area contributed by atoms with E-state index in [2.05, 4.69) is 5.32 Å². The predicted molar refractivity (Wildman–Crippen MR) is 129 cm³/mol. The van der Waals surface area contributed by atoms with Crippen LogP contribution in [0.1, 0.15) is 29.5 Å². The molecular weight excluding hydrogens is 436 g/mol. The Morgan fingerprint density at radius 3 is 2.39 bits per heavy atom. The van der Waals surface area contributed by atoms with Crippen LogP contribution in [-0.4, -0.2) is 33.5 Å². The zero-order valence-corrected chi connectivity index (χ0v) is 19.8. The molecule has 0 radical (unpaired) electrons. The number of hydrogen-bond donors (Lipinski definition) is 1. The fourth-order valence-corrected chi connectivity index (χ4v) is 5.30. The standard InChI is InChI=1S/C26H28N2O4S/c1-18-9-12-22(13-10-18)33(30,31)28-17-25(32-24-14-11-19(2)15-23(24)28)26(29)27-16-20(3)21-7-5-4-6-8-21/h4-15,20,25H,16-17H2,1-3H3,(H,27,29)/t20-,25-/m0/s1. The third kappa shape index (κ3) is 4.88. The quantitative estimate of drug-likeness (QED) is 0.594. The first-order chi connectivity index (χ1) is 15.8. The van der Waals surface area contributed by atoms with Gasteiger partial charge in [0.25, 0.3) is 15.9 Å². The lowest BCUT2D eigenvalue weighted by atomic mass is 10.0. The minimum atomic E-state index is -3.88. The molecule has 1 heterocycles. The molecule has 33 heavy (non-hydrogen) atoms. The number of nitrogens with one attached hydrogen (secondary N) is 1. The van der Waals surface area contributed by atoms with Crippen molar-refractivity contribution < 1.29 is 17.9 Å². The molecule has 1 amide bonds. The Kier molecular flexibility index (Phi) is 6.42. The third-order valence-corrected chi connectivity index (χ3v) is 7.63. The smallest absolute Gasteiger partial charge is 0.264 e. The maximum Gasteiger partial charge on any atom is 0.264 e. The first kappa shape index (κ1) is 22.9. The molecule has 1 N–H and O–H groups in total. The van der Waals surface area contributed by atoms with E-state index < -0.39 is 16.1 Å². The summed E-state index contributed by atoms with van der Waals surface area (Å²) in [6.07, 6.45) is -0.955. The van der Waals surface area contributed by atoms with E-state index in [4.69, 9.17) is 4.74 Å². The van der Waals surface area contributed by atoms with E-state index in [9.17, 15) is 13.2 Å². The molecule has 3 aromatic rings. The number of carbonyl (C=O) groups is 1. The van der Waals surface area contributed by atoms with E-state index in [1.54, 1.807) is 36.4 Å². The Labute approximate surface area is 195 Å². The second-order valence-corrected chi connectivity index (χ2v) is 10.3. The van der Waals surface area contributed by atoms with E-state index in [-0.39, 0.29) is 23.3 Å². The van der Waals surface area contributed by atoms with Gasteiger partial charge in [-0.05, 0) is 55.2 Å². The fraction of sp³-hybridized carbons (Fsp3) is 0.269. The predicted octanol–water partition coefficient (Wildman–Crippen LogP) is 4.18. The Bertz CT molecular complexity index is 1240. The number of sulfonamides is 1. The van der Waals surface area contributed by atoms with E-state index in [1.807, 2.05) is 57.2 Å². The molecule has 7 heteroatoms. The van der Waals surface area contributed by atoms with Gasteiger partial charge in [0.2, 0.25) is 0 Å². The van der Waals surface area contributed by atoms with Crippen LogP contribution in [0.2, 0.25) is 0 Å². The molecule has 6 nitrogen and oxygen atoms in total. The number of amides is 1. The molecular formula is C26H28N2O4S. The Morgan fingerprint density at radius 2 is 1.70 bits per heavy atom. The van der Waals surface area contributed by atoms with Crippen LogP contribution in [0.3, 0.4) is 0 Å². The summed E-state index contributed by atoms with van der Waals surface area (Å²) >= 11 is 0. The number of hydrogen-bond acceptors (Lipinski definition) is 4. The topological polar surface area (TPSA) is 75.7 Å². The third-order valence-electron chi connectivity index (χ3n) is 5.84. The molecule has 0 aliphatic carbocycles. The highest BCUT2D eigenvalue weighted by Crippen LogP contribution is 2.37. The van der Waals surface area contributed by atoms with Crippen molar-refractivity contribution in [3.05, 3.63) is 89.5 Å². The van der Waals surface area contributed by atoms with Gasteiger partial charge < -0.3 is 10.1 Å². The SMILES string of the molecule is Cc1ccc(S(=O)(=O)N2C[C@@H](C(=O)NC[C@H](C)c3ccccc3)Oc3ccc(C)cc32)cc1. The highest BCUT2D eigenvalue weighted by Gasteiger charge is 2.37.